The minimum atomic E-state index is -0.105. The molecule has 1 amide bonds. The van der Waals surface area contributed by atoms with Crippen molar-refractivity contribution in [1.82, 2.24) is 5.06 Å². The zero-order valence-electron chi connectivity index (χ0n) is 14.4. The minimum Gasteiger partial charge on any atom is -0.381 e. The second-order valence-corrected chi connectivity index (χ2v) is 7.73. The van der Waals surface area contributed by atoms with E-state index in [1.807, 2.05) is 11.8 Å². The number of hydrogen-bond donors (Lipinski definition) is 0. The molecule has 0 bridgehead atoms. The normalized spacial score (nSPS) is 19.3. The molecule has 5 heteroatoms. The van der Waals surface area contributed by atoms with Crippen molar-refractivity contribution in [3.8, 4) is 0 Å². The largest absolute Gasteiger partial charge is 0.381 e. The highest BCUT2D eigenvalue weighted by Crippen LogP contribution is 2.39. The van der Waals surface area contributed by atoms with Crippen LogP contribution in [0.2, 0.25) is 0 Å². The standard InChI is InChI=1S/C19H25NO3S/c1-20(22-2)19(21)18(13-14-9-11-23-12-10-14)15-3-5-16(6-4-15)24-17-7-8-17/h3-6,13-14,17H,7-12H2,1-2H3/b18-13+. The molecule has 2 fully saturated rings. The number of hydrogen-bond acceptors (Lipinski definition) is 4. The predicted octanol–water partition coefficient (Wildman–Crippen LogP) is 3.77. The van der Waals surface area contributed by atoms with Gasteiger partial charge in [-0.05, 0) is 49.3 Å². The van der Waals surface area contributed by atoms with Gasteiger partial charge in [-0.25, -0.2) is 5.06 Å². The third kappa shape index (κ3) is 4.62. The number of carbonyl (C=O) groups is 1. The number of rotatable bonds is 6. The molecule has 1 heterocycles. The smallest absolute Gasteiger partial charge is 0.277 e. The molecule has 130 valence electrons. The van der Waals surface area contributed by atoms with Crippen LogP contribution in [0.5, 0.6) is 0 Å². The van der Waals surface area contributed by atoms with E-state index in [2.05, 4.69) is 30.3 Å². The highest BCUT2D eigenvalue weighted by Gasteiger charge is 2.23. The van der Waals surface area contributed by atoms with Gasteiger partial charge in [-0.1, -0.05) is 18.2 Å². The molecular formula is C19H25NO3S. The SMILES string of the molecule is CON(C)C(=O)/C(=C/C1CCOCC1)c1ccc(SC2CC2)cc1. The Morgan fingerprint density at radius 3 is 2.46 bits per heavy atom. The van der Waals surface area contributed by atoms with Gasteiger partial charge in [-0.3, -0.25) is 9.63 Å². The maximum Gasteiger partial charge on any atom is 0.277 e. The Morgan fingerprint density at radius 2 is 1.88 bits per heavy atom. The summed E-state index contributed by atoms with van der Waals surface area (Å²) in [6.45, 7) is 1.53. The second-order valence-electron chi connectivity index (χ2n) is 6.36. The Hall–Kier alpha value is -1.30. The summed E-state index contributed by atoms with van der Waals surface area (Å²) in [6.07, 6.45) is 6.66. The van der Waals surface area contributed by atoms with Gasteiger partial charge in [0.2, 0.25) is 0 Å². The van der Waals surface area contributed by atoms with Crippen LogP contribution in [0.1, 0.15) is 31.2 Å². The van der Waals surface area contributed by atoms with Crippen LogP contribution in [-0.2, 0) is 14.4 Å². The maximum atomic E-state index is 12.7. The monoisotopic (exact) mass is 347 g/mol. The van der Waals surface area contributed by atoms with Gasteiger partial charge in [0, 0.05) is 36.0 Å². The molecule has 4 nitrogen and oxygen atoms in total. The van der Waals surface area contributed by atoms with Crippen LogP contribution in [0.15, 0.2) is 35.2 Å². The molecule has 24 heavy (non-hydrogen) atoms. The van der Waals surface area contributed by atoms with Crippen molar-refractivity contribution in [2.24, 2.45) is 5.92 Å². The number of benzene rings is 1. The first-order valence-electron chi connectivity index (χ1n) is 8.56. The van der Waals surface area contributed by atoms with Crippen LogP contribution >= 0.6 is 11.8 Å². The van der Waals surface area contributed by atoms with E-state index in [1.54, 1.807) is 7.05 Å². The number of carbonyl (C=O) groups excluding carboxylic acids is 1. The lowest BCUT2D eigenvalue weighted by Crippen LogP contribution is -2.27. The van der Waals surface area contributed by atoms with Crippen molar-refractivity contribution in [2.75, 3.05) is 27.4 Å². The second kappa shape index (κ2) is 8.19. The Morgan fingerprint density at radius 1 is 1.21 bits per heavy atom. The van der Waals surface area contributed by atoms with Crippen LogP contribution < -0.4 is 0 Å². The molecule has 0 N–H and O–H groups in total. The molecular weight excluding hydrogens is 322 g/mol. The lowest BCUT2D eigenvalue weighted by molar-refractivity contribution is -0.161. The van der Waals surface area contributed by atoms with Crippen LogP contribution in [-0.4, -0.2) is 43.6 Å². The molecule has 0 atom stereocenters. The van der Waals surface area contributed by atoms with Crippen molar-refractivity contribution >= 4 is 23.2 Å². The van der Waals surface area contributed by atoms with Crippen LogP contribution in [0.4, 0.5) is 0 Å². The van der Waals surface area contributed by atoms with E-state index in [1.165, 1.54) is 29.9 Å². The van der Waals surface area contributed by atoms with Crippen LogP contribution in [0.25, 0.3) is 5.57 Å². The topological polar surface area (TPSA) is 38.8 Å². The zero-order chi connectivity index (χ0) is 16.9. The summed E-state index contributed by atoms with van der Waals surface area (Å²) in [5, 5.41) is 2.08. The molecule has 1 aliphatic heterocycles. The molecule has 1 saturated heterocycles. The molecule has 2 aliphatic rings. The highest BCUT2D eigenvalue weighted by molar-refractivity contribution is 8.00. The van der Waals surface area contributed by atoms with Crippen molar-refractivity contribution in [3.63, 3.8) is 0 Å². The fourth-order valence-electron chi connectivity index (χ4n) is 2.75. The van der Waals surface area contributed by atoms with Gasteiger partial charge in [0.05, 0.1) is 7.11 Å². The predicted molar refractivity (Wildman–Crippen MR) is 96.6 cm³/mol. The third-order valence-electron chi connectivity index (χ3n) is 4.45. The number of hydroxylamine groups is 2. The fourth-order valence-corrected chi connectivity index (χ4v) is 3.80. The van der Waals surface area contributed by atoms with E-state index in [-0.39, 0.29) is 5.91 Å². The Bertz CT molecular complexity index is 589. The molecule has 0 radical (unpaired) electrons. The van der Waals surface area contributed by atoms with Gasteiger partial charge in [0.25, 0.3) is 5.91 Å². The molecule has 0 aromatic heterocycles. The molecule has 3 rings (SSSR count). The molecule has 1 aliphatic carbocycles. The maximum absolute atomic E-state index is 12.7. The van der Waals surface area contributed by atoms with E-state index in [0.717, 1.165) is 36.9 Å². The summed E-state index contributed by atoms with van der Waals surface area (Å²) in [4.78, 5) is 19.1. The highest BCUT2D eigenvalue weighted by atomic mass is 32.2. The molecule has 0 unspecified atom stereocenters. The van der Waals surface area contributed by atoms with Gasteiger partial charge in [0.1, 0.15) is 0 Å². The number of thioether (sulfide) groups is 1. The van der Waals surface area contributed by atoms with E-state index in [4.69, 9.17) is 9.57 Å². The van der Waals surface area contributed by atoms with Gasteiger partial charge in [-0.15, -0.1) is 11.8 Å². The first kappa shape index (κ1) is 17.5. The number of nitrogens with zero attached hydrogens (tertiary/aromatic N) is 1. The lowest BCUT2D eigenvalue weighted by Gasteiger charge is -2.22. The first-order chi connectivity index (χ1) is 11.7. The number of ether oxygens (including phenoxy) is 1. The van der Waals surface area contributed by atoms with Crippen LogP contribution in [0, 0.1) is 5.92 Å². The van der Waals surface area contributed by atoms with Gasteiger partial charge in [-0.2, -0.15) is 0 Å². The van der Waals surface area contributed by atoms with Crippen LogP contribution in [0.3, 0.4) is 0 Å². The molecule has 1 aromatic rings. The fraction of sp³-hybridized carbons (Fsp3) is 0.526. The summed E-state index contributed by atoms with van der Waals surface area (Å²) in [6, 6.07) is 8.35. The zero-order valence-corrected chi connectivity index (χ0v) is 15.2. The summed E-state index contributed by atoms with van der Waals surface area (Å²) >= 11 is 1.93. The van der Waals surface area contributed by atoms with E-state index < -0.39 is 0 Å². The van der Waals surface area contributed by atoms with Crippen molar-refractivity contribution < 1.29 is 14.4 Å². The molecule has 1 aromatic carbocycles. The summed E-state index contributed by atoms with van der Waals surface area (Å²) in [5.41, 5.74) is 1.67. The lowest BCUT2D eigenvalue weighted by atomic mass is 9.94. The summed E-state index contributed by atoms with van der Waals surface area (Å²) in [7, 11) is 3.16. The van der Waals surface area contributed by atoms with E-state index >= 15 is 0 Å². The Kier molecular flexibility index (Phi) is 5.98. The first-order valence-corrected chi connectivity index (χ1v) is 9.44. The van der Waals surface area contributed by atoms with Gasteiger partial charge >= 0.3 is 0 Å². The molecule has 1 saturated carbocycles. The molecule has 0 spiro atoms. The summed E-state index contributed by atoms with van der Waals surface area (Å²) in [5.74, 6) is 0.273. The van der Waals surface area contributed by atoms with Gasteiger partial charge in [0.15, 0.2) is 0 Å². The van der Waals surface area contributed by atoms with E-state index in [0.29, 0.717) is 11.5 Å². The minimum absolute atomic E-state index is 0.105. The van der Waals surface area contributed by atoms with E-state index in [9.17, 15) is 4.79 Å². The number of likely N-dealkylation sites (N-methyl/N-ethyl adjacent to an activating group) is 1. The third-order valence-corrected chi connectivity index (χ3v) is 5.80. The average Bonchev–Trinajstić information content (AvgIpc) is 3.44. The quantitative estimate of drug-likeness (QED) is 0.580. The Labute approximate surface area is 148 Å². The van der Waals surface area contributed by atoms with Gasteiger partial charge < -0.3 is 4.74 Å². The summed E-state index contributed by atoms with van der Waals surface area (Å²) < 4.78 is 5.42. The number of allylic oxidation sites excluding steroid dienone is 1. The van der Waals surface area contributed by atoms with Crippen molar-refractivity contribution in [3.05, 3.63) is 35.9 Å². The number of amides is 1. The van der Waals surface area contributed by atoms with Crippen molar-refractivity contribution in [2.45, 2.75) is 35.8 Å². The van der Waals surface area contributed by atoms with Crippen molar-refractivity contribution in [1.29, 1.82) is 0 Å². The Balaban J connectivity index is 1.81. The average molecular weight is 347 g/mol.